The molecular formula is C22H29F3I2N4OP2. The molecule has 2 N–H and O–H groups in total. The van der Waals surface area contributed by atoms with Crippen LogP contribution in [0, 0.1) is 5.92 Å². The predicted molar refractivity (Wildman–Crippen MR) is 153 cm³/mol. The van der Waals surface area contributed by atoms with Crippen LogP contribution in [0.3, 0.4) is 0 Å². The molecule has 1 saturated carbocycles. The molecule has 2 fully saturated rings. The van der Waals surface area contributed by atoms with E-state index in [0.717, 1.165) is 10.8 Å². The van der Waals surface area contributed by atoms with Crippen molar-refractivity contribution in [1.82, 2.24) is 12.7 Å². The number of halogens is 5. The van der Waals surface area contributed by atoms with Gasteiger partial charge in [-0.05, 0) is 79.2 Å². The summed E-state index contributed by atoms with van der Waals surface area (Å²) in [5, 5.41) is -0.494. The third-order valence-corrected chi connectivity index (χ3v) is 9.81. The monoisotopic (exact) mass is 738 g/mol. The van der Waals surface area contributed by atoms with Crippen LogP contribution in [0.1, 0.15) is 62.4 Å². The van der Waals surface area contributed by atoms with E-state index in [1.165, 1.54) is 11.8 Å². The highest BCUT2D eigenvalue weighted by Crippen LogP contribution is 2.44. The van der Waals surface area contributed by atoms with E-state index < -0.39 is 21.2 Å². The fourth-order valence-electron chi connectivity index (χ4n) is 4.94. The third-order valence-electron chi connectivity index (χ3n) is 6.93. The maximum absolute atomic E-state index is 14.2. The van der Waals surface area contributed by atoms with E-state index >= 15 is 0 Å². The van der Waals surface area contributed by atoms with E-state index in [4.69, 9.17) is 10.7 Å². The Bertz CT molecular complexity index is 1080. The van der Waals surface area contributed by atoms with Crippen molar-refractivity contribution in [3.63, 3.8) is 0 Å². The molecule has 2 heterocycles. The van der Waals surface area contributed by atoms with Gasteiger partial charge in [0, 0.05) is 5.30 Å². The summed E-state index contributed by atoms with van der Waals surface area (Å²) >= 11 is 3.87. The van der Waals surface area contributed by atoms with Gasteiger partial charge in [0.15, 0.2) is 3.68 Å². The van der Waals surface area contributed by atoms with E-state index in [2.05, 4.69) is 41.3 Å². The number of hydrogen-bond donors (Lipinski definition) is 1. The van der Waals surface area contributed by atoms with Crippen LogP contribution in [-0.4, -0.2) is 46.9 Å². The van der Waals surface area contributed by atoms with E-state index in [0.29, 0.717) is 42.6 Å². The minimum absolute atomic E-state index is 0.0111. The molecule has 1 saturated heterocycles. The molecule has 1 aromatic carbocycles. The Morgan fingerprint density at radius 1 is 1.32 bits per heavy atom. The summed E-state index contributed by atoms with van der Waals surface area (Å²) in [4.78, 5) is 19.5. The van der Waals surface area contributed by atoms with Gasteiger partial charge in [-0.15, -0.1) is 9.24 Å². The first-order chi connectivity index (χ1) is 15.8. The first-order valence-corrected chi connectivity index (χ1v) is 14.5. The van der Waals surface area contributed by atoms with Crippen molar-refractivity contribution in [3.05, 3.63) is 23.5 Å². The number of hydrogen-bond acceptors (Lipinski definition) is 3. The number of nitrogens with two attached hydrogens (primary N) is 1. The molecule has 4 rings (SSSR count). The number of fused-ring (bicyclic) bond motifs is 1. The Hall–Kier alpha value is 0.230. The topological polar surface area (TPSA) is 64.2 Å². The lowest BCUT2D eigenvalue weighted by Gasteiger charge is -2.42. The largest absolute Gasteiger partial charge is 0.334 e. The van der Waals surface area contributed by atoms with Gasteiger partial charge in [0.1, 0.15) is 11.2 Å². The first kappa shape index (κ1) is 27.3. The van der Waals surface area contributed by atoms with E-state index in [-0.39, 0.29) is 37.4 Å². The minimum atomic E-state index is -1.42. The molecule has 188 valence electrons. The highest BCUT2D eigenvalue weighted by molar-refractivity contribution is 14.1. The van der Waals surface area contributed by atoms with Crippen LogP contribution in [0.4, 0.5) is 13.2 Å². The Kier molecular flexibility index (Phi) is 8.17. The fraction of sp³-hybridized carbons (Fsp3) is 0.636. The quantitative estimate of drug-likeness (QED) is 0.251. The van der Waals surface area contributed by atoms with Gasteiger partial charge in [-0.2, -0.15) is 0 Å². The van der Waals surface area contributed by atoms with Crippen molar-refractivity contribution in [2.24, 2.45) is 11.7 Å². The van der Waals surface area contributed by atoms with Crippen LogP contribution >= 0.6 is 63.9 Å². The van der Waals surface area contributed by atoms with Gasteiger partial charge >= 0.3 is 0 Å². The van der Waals surface area contributed by atoms with Gasteiger partial charge in [0.2, 0.25) is 5.91 Å². The molecule has 2 aliphatic rings. The van der Waals surface area contributed by atoms with Crippen LogP contribution in [0.5, 0.6) is 0 Å². The summed E-state index contributed by atoms with van der Waals surface area (Å²) in [5.41, 5.74) is 8.81. The van der Waals surface area contributed by atoms with Crippen molar-refractivity contribution in [2.45, 2.75) is 66.2 Å². The second-order valence-corrected chi connectivity index (χ2v) is 14.2. The maximum atomic E-state index is 14.2. The molecule has 1 aliphatic heterocycles. The lowest BCUT2D eigenvalue weighted by atomic mass is 9.83. The third kappa shape index (κ3) is 5.55. The molecule has 5 nitrogen and oxygen atoms in total. The number of alkyl halides is 4. The second kappa shape index (κ2) is 10.2. The number of likely N-dealkylation sites (tertiary alicyclic amines) is 1. The predicted octanol–water partition coefficient (Wildman–Crippen LogP) is 5.24. The summed E-state index contributed by atoms with van der Waals surface area (Å²) < 4.78 is 42.8. The first-order valence-electron chi connectivity index (χ1n) is 11.3. The molecular weight excluding hydrogens is 709 g/mol. The molecule has 0 spiro atoms. The SMILES string of the molecule is CC(F)C[C@H](C(=O)N1CC(F)(I)C1)c1ccc2c(nc([C@@H](N)C3CCC(F)(P)CC3)n2I)c1P. The van der Waals surface area contributed by atoms with Gasteiger partial charge in [-0.1, -0.05) is 15.3 Å². The zero-order valence-electron chi connectivity index (χ0n) is 18.8. The van der Waals surface area contributed by atoms with E-state index in [9.17, 15) is 18.0 Å². The maximum Gasteiger partial charge on any atom is 0.230 e. The van der Waals surface area contributed by atoms with Gasteiger partial charge in [-0.25, -0.2) is 18.2 Å². The Labute approximate surface area is 230 Å². The van der Waals surface area contributed by atoms with Gasteiger partial charge < -0.3 is 10.6 Å². The number of nitrogens with zero attached hydrogens (tertiary/aromatic N) is 3. The Morgan fingerprint density at radius 3 is 2.50 bits per heavy atom. The smallest absolute Gasteiger partial charge is 0.230 e. The number of aromatic nitrogens is 2. The molecule has 5 atom stereocenters. The number of imidazole rings is 1. The molecule has 2 aromatic rings. The molecule has 0 radical (unpaired) electrons. The lowest BCUT2D eigenvalue weighted by molar-refractivity contribution is -0.141. The molecule has 1 amide bonds. The van der Waals surface area contributed by atoms with Crippen molar-refractivity contribution in [3.8, 4) is 0 Å². The standard InChI is InChI=1S/C22H29F3I2N4OP2/c1-11(23)8-14(20(32)30-9-21(24,26)10-30)13-2-3-15-17(18(13)33)29-19(31(15)27)16(28)12-4-6-22(25,34)7-5-12/h2-3,11-12,14,16H,4-10,28,33-34H2,1H3/t11?,12?,14-,16-,22?/m0/s1. The van der Waals surface area contributed by atoms with Crippen molar-refractivity contribution in [2.75, 3.05) is 13.1 Å². The molecule has 0 bridgehead atoms. The second-order valence-electron chi connectivity index (χ2n) is 9.70. The van der Waals surface area contributed by atoms with Gasteiger partial charge in [0.05, 0.1) is 65.1 Å². The summed E-state index contributed by atoms with van der Waals surface area (Å²) in [6, 6.07) is 3.37. The van der Waals surface area contributed by atoms with E-state index in [1.54, 1.807) is 22.6 Å². The molecule has 12 heteroatoms. The average molecular weight is 738 g/mol. The van der Waals surface area contributed by atoms with Crippen LogP contribution in [0.15, 0.2) is 12.1 Å². The van der Waals surface area contributed by atoms with Crippen molar-refractivity contribution < 1.29 is 18.0 Å². The highest BCUT2D eigenvalue weighted by Gasteiger charge is 2.45. The molecule has 1 aromatic heterocycles. The van der Waals surface area contributed by atoms with Gasteiger partial charge in [0.25, 0.3) is 0 Å². The molecule has 34 heavy (non-hydrogen) atoms. The number of carbonyl (C=O) groups excluding carboxylic acids is 1. The summed E-state index contributed by atoms with van der Waals surface area (Å²) in [6.07, 6.45) is 1.11. The minimum Gasteiger partial charge on any atom is -0.334 e. The Balaban J connectivity index is 1.65. The summed E-state index contributed by atoms with van der Waals surface area (Å²) in [6.45, 7) is 1.45. The number of benzene rings is 1. The van der Waals surface area contributed by atoms with E-state index in [1.807, 2.05) is 14.9 Å². The highest BCUT2D eigenvalue weighted by atomic mass is 127. The van der Waals surface area contributed by atoms with Crippen molar-refractivity contribution >= 4 is 86.2 Å². The molecule has 3 unspecified atom stereocenters. The van der Waals surface area contributed by atoms with Crippen molar-refractivity contribution in [1.29, 1.82) is 0 Å². The zero-order chi connectivity index (χ0) is 25.0. The lowest BCUT2D eigenvalue weighted by Crippen LogP contribution is -2.58. The average Bonchev–Trinajstić information content (AvgIpc) is 3.07. The normalized spacial score (nSPS) is 27.3. The zero-order valence-corrected chi connectivity index (χ0v) is 25.4. The van der Waals surface area contributed by atoms with Crippen LogP contribution in [-0.2, 0) is 4.79 Å². The fourth-order valence-corrected chi connectivity index (χ4v) is 7.43. The Morgan fingerprint density at radius 2 is 1.94 bits per heavy atom. The van der Waals surface area contributed by atoms with Gasteiger partial charge in [-0.3, -0.25) is 7.58 Å². The van der Waals surface area contributed by atoms with Crippen LogP contribution in [0.25, 0.3) is 11.0 Å². The summed E-state index contributed by atoms with van der Waals surface area (Å²) in [7, 11) is 4.97. The number of carbonyl (C=O) groups is 1. The van der Waals surface area contributed by atoms with Crippen LogP contribution in [0.2, 0.25) is 0 Å². The molecule has 1 aliphatic carbocycles. The van der Waals surface area contributed by atoms with Crippen LogP contribution < -0.4 is 11.0 Å². The number of rotatable bonds is 6. The number of amides is 1. The summed E-state index contributed by atoms with van der Waals surface area (Å²) in [5.74, 6) is -0.158.